The largest absolute Gasteiger partial charge is 0.383 e. The summed E-state index contributed by atoms with van der Waals surface area (Å²) < 4.78 is 31.8. The monoisotopic (exact) mass is 277 g/mol. The summed E-state index contributed by atoms with van der Waals surface area (Å²) in [5, 5.41) is 0. The van der Waals surface area contributed by atoms with Gasteiger partial charge in [0.1, 0.15) is 17.2 Å². The molecular weight excluding hydrogens is 264 g/mol. The average Bonchev–Trinajstić information content (AvgIpc) is 2.34. The molecule has 0 aliphatic rings. The number of halogens is 3. The van der Waals surface area contributed by atoms with E-state index < -0.39 is 23.1 Å². The fraction of sp³-hybridized carbons (Fsp3) is 0.417. The molecule has 1 aromatic carbocycles. The van der Waals surface area contributed by atoms with Crippen molar-refractivity contribution in [2.24, 2.45) is 0 Å². The first-order valence-corrected chi connectivity index (χ1v) is 5.93. The number of rotatable bonds is 6. The third-order valence-corrected chi connectivity index (χ3v) is 2.55. The maximum Gasteiger partial charge on any atom is 0.259 e. The Labute approximate surface area is 109 Å². The third-order valence-electron chi connectivity index (χ3n) is 2.38. The van der Waals surface area contributed by atoms with Crippen LogP contribution in [0.25, 0.3) is 0 Å². The Bertz CT molecular complexity index is 395. The van der Waals surface area contributed by atoms with Crippen LogP contribution in [0.3, 0.4) is 0 Å². The van der Waals surface area contributed by atoms with E-state index in [-0.39, 0.29) is 25.6 Å². The Balaban J connectivity index is 2.94. The van der Waals surface area contributed by atoms with E-state index >= 15 is 0 Å². The second-order valence-electron chi connectivity index (χ2n) is 3.57. The van der Waals surface area contributed by atoms with Gasteiger partial charge in [0, 0.05) is 26.1 Å². The molecule has 0 aliphatic carbocycles. The van der Waals surface area contributed by atoms with Crippen molar-refractivity contribution < 1.29 is 18.3 Å². The molecule has 18 heavy (non-hydrogen) atoms. The van der Waals surface area contributed by atoms with Crippen molar-refractivity contribution in [2.75, 3.05) is 32.7 Å². The minimum Gasteiger partial charge on any atom is -0.383 e. The predicted molar refractivity (Wildman–Crippen MR) is 64.9 cm³/mol. The van der Waals surface area contributed by atoms with Crippen molar-refractivity contribution in [1.82, 2.24) is 4.90 Å². The zero-order chi connectivity index (χ0) is 13.5. The molecule has 0 atom stereocenters. The first-order chi connectivity index (χ1) is 8.61. The van der Waals surface area contributed by atoms with E-state index in [9.17, 15) is 13.6 Å². The van der Waals surface area contributed by atoms with Gasteiger partial charge in [-0.3, -0.25) is 4.79 Å². The molecule has 0 aromatic heterocycles. The Morgan fingerprint density at radius 1 is 1.33 bits per heavy atom. The molecule has 0 aliphatic heterocycles. The van der Waals surface area contributed by atoms with Crippen molar-refractivity contribution in [3.8, 4) is 0 Å². The van der Waals surface area contributed by atoms with E-state index in [2.05, 4.69) is 0 Å². The quantitative estimate of drug-likeness (QED) is 0.747. The minimum atomic E-state index is -0.878. The Morgan fingerprint density at radius 3 is 2.44 bits per heavy atom. The molecular formula is C12H14ClF2NO2. The lowest BCUT2D eigenvalue weighted by atomic mass is 10.1. The number of amides is 1. The van der Waals surface area contributed by atoms with Crippen molar-refractivity contribution in [3.63, 3.8) is 0 Å². The van der Waals surface area contributed by atoms with E-state index in [1.54, 1.807) is 0 Å². The van der Waals surface area contributed by atoms with Gasteiger partial charge in [0.25, 0.3) is 5.91 Å². The molecule has 0 bridgehead atoms. The first kappa shape index (κ1) is 14.9. The van der Waals surface area contributed by atoms with E-state index in [1.165, 1.54) is 18.1 Å². The molecule has 0 radical (unpaired) electrons. The highest BCUT2D eigenvalue weighted by Gasteiger charge is 2.22. The third kappa shape index (κ3) is 3.65. The van der Waals surface area contributed by atoms with Crippen LogP contribution in [0, 0.1) is 11.6 Å². The number of carbonyl (C=O) groups is 1. The van der Waals surface area contributed by atoms with Gasteiger partial charge in [0.15, 0.2) is 0 Å². The molecule has 0 spiro atoms. The maximum atomic E-state index is 13.5. The summed E-state index contributed by atoms with van der Waals surface area (Å²) in [7, 11) is 1.48. The van der Waals surface area contributed by atoms with Gasteiger partial charge in [0.05, 0.1) is 6.61 Å². The van der Waals surface area contributed by atoms with Crippen LogP contribution in [-0.4, -0.2) is 43.5 Å². The number of methoxy groups -OCH3 is 1. The molecule has 0 unspecified atom stereocenters. The van der Waals surface area contributed by atoms with Crippen molar-refractivity contribution >= 4 is 17.5 Å². The molecule has 0 fully saturated rings. The van der Waals surface area contributed by atoms with Gasteiger partial charge in [-0.15, -0.1) is 11.6 Å². The van der Waals surface area contributed by atoms with Crippen LogP contribution >= 0.6 is 11.6 Å². The normalized spacial score (nSPS) is 10.4. The van der Waals surface area contributed by atoms with Gasteiger partial charge in [0.2, 0.25) is 0 Å². The molecule has 1 rings (SSSR count). The predicted octanol–water partition coefficient (Wildman–Crippen LogP) is 2.29. The van der Waals surface area contributed by atoms with Crippen molar-refractivity contribution in [3.05, 3.63) is 35.4 Å². The zero-order valence-corrected chi connectivity index (χ0v) is 10.7. The molecule has 3 nitrogen and oxygen atoms in total. The van der Waals surface area contributed by atoms with Crippen molar-refractivity contribution in [1.29, 1.82) is 0 Å². The van der Waals surface area contributed by atoms with Gasteiger partial charge in [-0.1, -0.05) is 6.07 Å². The lowest BCUT2D eigenvalue weighted by Crippen LogP contribution is -2.36. The summed E-state index contributed by atoms with van der Waals surface area (Å²) in [6.45, 7) is 0.714. The summed E-state index contributed by atoms with van der Waals surface area (Å²) in [4.78, 5) is 13.3. The summed E-state index contributed by atoms with van der Waals surface area (Å²) in [6, 6.07) is 3.31. The molecule has 1 amide bonds. The van der Waals surface area contributed by atoms with Crippen LogP contribution in [0.1, 0.15) is 10.4 Å². The molecule has 0 N–H and O–H groups in total. The molecule has 0 saturated carbocycles. The summed E-state index contributed by atoms with van der Waals surface area (Å²) in [6.07, 6.45) is 0. The maximum absolute atomic E-state index is 13.5. The van der Waals surface area contributed by atoms with Crippen LogP contribution < -0.4 is 0 Å². The molecule has 100 valence electrons. The summed E-state index contributed by atoms with van der Waals surface area (Å²) in [5.41, 5.74) is -0.557. The standard InChI is InChI=1S/C12H14ClF2NO2/c1-18-8-7-16(6-5-13)12(17)11-9(14)3-2-4-10(11)15/h2-4H,5-8H2,1H3. The van der Waals surface area contributed by atoms with Crippen LogP contribution in [0.15, 0.2) is 18.2 Å². The number of carbonyl (C=O) groups excluding carboxylic acids is 1. The van der Waals surface area contributed by atoms with Gasteiger partial charge < -0.3 is 9.64 Å². The number of hydrogen-bond acceptors (Lipinski definition) is 2. The smallest absolute Gasteiger partial charge is 0.259 e. The lowest BCUT2D eigenvalue weighted by Gasteiger charge is -2.21. The molecule has 0 saturated heterocycles. The van der Waals surface area contributed by atoms with E-state index in [1.807, 2.05) is 0 Å². The fourth-order valence-electron chi connectivity index (χ4n) is 1.48. The molecule has 0 heterocycles. The summed E-state index contributed by atoms with van der Waals surface area (Å²) >= 11 is 5.56. The zero-order valence-electron chi connectivity index (χ0n) is 9.96. The lowest BCUT2D eigenvalue weighted by molar-refractivity contribution is 0.0698. The van der Waals surface area contributed by atoms with E-state index in [0.717, 1.165) is 12.1 Å². The number of benzene rings is 1. The van der Waals surface area contributed by atoms with Gasteiger partial charge in [-0.25, -0.2) is 8.78 Å². The number of ether oxygens (including phenoxy) is 1. The number of nitrogens with zero attached hydrogens (tertiary/aromatic N) is 1. The number of alkyl halides is 1. The topological polar surface area (TPSA) is 29.5 Å². The van der Waals surface area contributed by atoms with Gasteiger partial charge in [-0.05, 0) is 12.1 Å². The van der Waals surface area contributed by atoms with Crippen LogP contribution in [0.4, 0.5) is 8.78 Å². The number of hydrogen-bond donors (Lipinski definition) is 0. The second-order valence-corrected chi connectivity index (χ2v) is 3.95. The first-order valence-electron chi connectivity index (χ1n) is 5.40. The highest BCUT2D eigenvalue weighted by atomic mass is 35.5. The van der Waals surface area contributed by atoms with E-state index in [0.29, 0.717) is 0 Å². The Hall–Kier alpha value is -1.20. The molecule has 6 heteroatoms. The molecule has 1 aromatic rings. The van der Waals surface area contributed by atoms with Gasteiger partial charge >= 0.3 is 0 Å². The van der Waals surface area contributed by atoms with Crippen LogP contribution in [0.5, 0.6) is 0 Å². The average molecular weight is 278 g/mol. The van der Waals surface area contributed by atoms with Crippen LogP contribution in [-0.2, 0) is 4.74 Å². The minimum absolute atomic E-state index is 0.186. The Morgan fingerprint density at radius 2 is 1.94 bits per heavy atom. The van der Waals surface area contributed by atoms with Crippen molar-refractivity contribution in [2.45, 2.75) is 0 Å². The Kier molecular flexibility index (Phi) is 6.01. The highest BCUT2D eigenvalue weighted by Crippen LogP contribution is 2.14. The highest BCUT2D eigenvalue weighted by molar-refractivity contribution is 6.18. The van der Waals surface area contributed by atoms with E-state index in [4.69, 9.17) is 16.3 Å². The fourth-order valence-corrected chi connectivity index (χ4v) is 1.68. The summed E-state index contributed by atoms with van der Waals surface area (Å²) in [5.74, 6) is -2.29. The SMILES string of the molecule is COCCN(CCCl)C(=O)c1c(F)cccc1F. The van der Waals surface area contributed by atoms with Crippen LogP contribution in [0.2, 0.25) is 0 Å². The van der Waals surface area contributed by atoms with Gasteiger partial charge in [-0.2, -0.15) is 0 Å². The second kappa shape index (κ2) is 7.28.